The highest BCUT2D eigenvalue weighted by Gasteiger charge is 2.23. The van der Waals surface area contributed by atoms with Gasteiger partial charge in [0.05, 0.1) is 0 Å². The fourth-order valence-electron chi connectivity index (χ4n) is 3.32. The van der Waals surface area contributed by atoms with E-state index in [9.17, 15) is 4.79 Å². The molecule has 1 aliphatic rings. The van der Waals surface area contributed by atoms with E-state index in [0.29, 0.717) is 12.6 Å². The van der Waals surface area contributed by atoms with E-state index in [1.807, 2.05) is 19.4 Å². The van der Waals surface area contributed by atoms with Crippen LogP contribution in [0.3, 0.4) is 0 Å². The highest BCUT2D eigenvalue weighted by atomic mass is 16.1. The maximum Gasteiger partial charge on any atom is 0.217 e. The van der Waals surface area contributed by atoms with Gasteiger partial charge in [0.2, 0.25) is 11.9 Å². The number of rotatable bonds is 5. The van der Waals surface area contributed by atoms with Gasteiger partial charge < -0.3 is 14.8 Å². The van der Waals surface area contributed by atoms with Crippen LogP contribution in [-0.2, 0) is 18.4 Å². The van der Waals surface area contributed by atoms with E-state index in [1.165, 1.54) is 5.56 Å². The lowest BCUT2D eigenvalue weighted by atomic mass is 10.0. The molecular formula is C19H27N5O. The normalized spacial score (nSPS) is 16.7. The lowest BCUT2D eigenvalue weighted by molar-refractivity contribution is -0.119. The number of benzene rings is 1. The number of aromatic nitrogens is 2. The van der Waals surface area contributed by atoms with Crippen molar-refractivity contribution in [3.63, 3.8) is 0 Å². The standard InChI is InChI=1S/C19H27N5O/c1-15(18-6-4-17(5-7-18)14-21-16(2)25)23-10-12-24(13-11-23)19-20-8-9-22(19)3/h4-9,15H,10-14H2,1-3H3,(H,21,25). The molecule has 134 valence electrons. The molecule has 0 bridgehead atoms. The summed E-state index contributed by atoms with van der Waals surface area (Å²) in [5, 5.41) is 2.83. The topological polar surface area (TPSA) is 53.4 Å². The number of carbonyl (C=O) groups excluding carboxylic acids is 1. The maximum atomic E-state index is 11.0. The quantitative estimate of drug-likeness (QED) is 0.903. The first-order valence-electron chi connectivity index (χ1n) is 8.84. The summed E-state index contributed by atoms with van der Waals surface area (Å²) in [6.07, 6.45) is 3.85. The number of nitrogens with zero attached hydrogens (tertiary/aromatic N) is 4. The Balaban J connectivity index is 1.56. The van der Waals surface area contributed by atoms with E-state index >= 15 is 0 Å². The summed E-state index contributed by atoms with van der Waals surface area (Å²) in [5.41, 5.74) is 2.45. The Kier molecular flexibility index (Phi) is 5.38. The molecule has 1 amide bonds. The molecule has 3 rings (SSSR count). The van der Waals surface area contributed by atoms with Gasteiger partial charge in [-0.2, -0.15) is 0 Å². The van der Waals surface area contributed by atoms with Crippen molar-refractivity contribution in [3.05, 3.63) is 47.8 Å². The molecule has 1 N–H and O–H groups in total. The number of hydrogen-bond donors (Lipinski definition) is 1. The third-order valence-corrected chi connectivity index (χ3v) is 4.94. The number of imidazole rings is 1. The minimum Gasteiger partial charge on any atom is -0.352 e. The molecule has 6 heteroatoms. The predicted molar refractivity (Wildman–Crippen MR) is 99.4 cm³/mol. The molecule has 0 radical (unpaired) electrons. The summed E-state index contributed by atoms with van der Waals surface area (Å²) in [6, 6.07) is 8.94. The van der Waals surface area contributed by atoms with Gasteiger partial charge in [0, 0.05) is 65.1 Å². The van der Waals surface area contributed by atoms with Crippen molar-refractivity contribution >= 4 is 11.9 Å². The molecule has 1 aromatic carbocycles. The van der Waals surface area contributed by atoms with E-state index in [2.05, 4.69) is 55.9 Å². The van der Waals surface area contributed by atoms with Gasteiger partial charge in [-0.1, -0.05) is 24.3 Å². The third-order valence-electron chi connectivity index (χ3n) is 4.94. The predicted octanol–water partition coefficient (Wildman–Crippen LogP) is 1.94. The van der Waals surface area contributed by atoms with Crippen molar-refractivity contribution in [2.75, 3.05) is 31.1 Å². The van der Waals surface area contributed by atoms with Gasteiger partial charge in [0.15, 0.2) is 0 Å². The first-order valence-corrected chi connectivity index (χ1v) is 8.84. The number of hydrogen-bond acceptors (Lipinski definition) is 4. The summed E-state index contributed by atoms with van der Waals surface area (Å²) in [5.74, 6) is 1.05. The summed E-state index contributed by atoms with van der Waals surface area (Å²) < 4.78 is 2.08. The van der Waals surface area contributed by atoms with Crippen LogP contribution in [0.1, 0.15) is 31.0 Å². The fraction of sp³-hybridized carbons (Fsp3) is 0.474. The molecule has 6 nitrogen and oxygen atoms in total. The van der Waals surface area contributed by atoms with Crippen LogP contribution in [-0.4, -0.2) is 46.5 Å². The summed E-state index contributed by atoms with van der Waals surface area (Å²) in [6.45, 7) is 8.45. The van der Waals surface area contributed by atoms with Crippen LogP contribution in [0.2, 0.25) is 0 Å². The van der Waals surface area contributed by atoms with Gasteiger partial charge in [-0.15, -0.1) is 0 Å². The molecule has 1 unspecified atom stereocenters. The molecular weight excluding hydrogens is 314 g/mol. The molecule has 0 spiro atoms. The van der Waals surface area contributed by atoms with Crippen molar-refractivity contribution < 1.29 is 4.79 Å². The summed E-state index contributed by atoms with van der Waals surface area (Å²) >= 11 is 0. The number of aryl methyl sites for hydroxylation is 1. The van der Waals surface area contributed by atoms with Crippen LogP contribution in [0.25, 0.3) is 0 Å². The monoisotopic (exact) mass is 341 g/mol. The second kappa shape index (κ2) is 7.70. The zero-order valence-electron chi connectivity index (χ0n) is 15.3. The molecule has 0 aliphatic carbocycles. The SMILES string of the molecule is CC(=O)NCc1ccc(C(C)N2CCN(c3nccn3C)CC2)cc1. The van der Waals surface area contributed by atoms with E-state index in [4.69, 9.17) is 0 Å². The molecule has 2 aromatic rings. The Morgan fingerprint density at radius 1 is 1.20 bits per heavy atom. The van der Waals surface area contributed by atoms with Crippen LogP contribution < -0.4 is 10.2 Å². The van der Waals surface area contributed by atoms with Crippen molar-refractivity contribution in [3.8, 4) is 0 Å². The molecule has 1 fully saturated rings. The lowest BCUT2D eigenvalue weighted by Gasteiger charge is -2.38. The van der Waals surface area contributed by atoms with E-state index < -0.39 is 0 Å². The van der Waals surface area contributed by atoms with Gasteiger partial charge in [0.25, 0.3) is 0 Å². The third kappa shape index (κ3) is 4.20. The largest absolute Gasteiger partial charge is 0.352 e. The number of piperazine rings is 1. The maximum absolute atomic E-state index is 11.0. The van der Waals surface area contributed by atoms with E-state index in [-0.39, 0.29) is 5.91 Å². The molecule has 1 aliphatic heterocycles. The first-order chi connectivity index (χ1) is 12.0. The van der Waals surface area contributed by atoms with Crippen molar-refractivity contribution in [2.24, 2.45) is 7.05 Å². The highest BCUT2D eigenvalue weighted by molar-refractivity contribution is 5.72. The first kappa shape index (κ1) is 17.5. The van der Waals surface area contributed by atoms with Crippen LogP contribution in [0.15, 0.2) is 36.7 Å². The van der Waals surface area contributed by atoms with Gasteiger partial charge in [-0.3, -0.25) is 9.69 Å². The summed E-state index contributed by atoms with van der Waals surface area (Å²) in [7, 11) is 2.04. The lowest BCUT2D eigenvalue weighted by Crippen LogP contribution is -2.47. The van der Waals surface area contributed by atoms with E-state index in [0.717, 1.165) is 37.7 Å². The second-order valence-corrected chi connectivity index (χ2v) is 6.69. The minimum atomic E-state index is 0.00280. The minimum absolute atomic E-state index is 0.00280. The van der Waals surface area contributed by atoms with Crippen LogP contribution in [0.4, 0.5) is 5.95 Å². The molecule has 2 heterocycles. The van der Waals surface area contributed by atoms with Crippen LogP contribution in [0.5, 0.6) is 0 Å². The van der Waals surface area contributed by atoms with Crippen molar-refractivity contribution in [2.45, 2.75) is 26.4 Å². The van der Waals surface area contributed by atoms with Gasteiger partial charge in [-0.25, -0.2) is 4.98 Å². The van der Waals surface area contributed by atoms with E-state index in [1.54, 1.807) is 6.92 Å². The Morgan fingerprint density at radius 3 is 2.44 bits per heavy atom. The van der Waals surface area contributed by atoms with Gasteiger partial charge in [0.1, 0.15) is 0 Å². The average Bonchev–Trinajstić information content (AvgIpc) is 3.06. The Labute approximate surface area is 149 Å². The van der Waals surface area contributed by atoms with Crippen molar-refractivity contribution in [1.82, 2.24) is 19.8 Å². The zero-order chi connectivity index (χ0) is 17.8. The van der Waals surface area contributed by atoms with Crippen LogP contribution in [0, 0.1) is 0 Å². The number of anilines is 1. The Bertz CT molecular complexity index is 701. The second-order valence-electron chi connectivity index (χ2n) is 6.69. The van der Waals surface area contributed by atoms with Gasteiger partial charge >= 0.3 is 0 Å². The zero-order valence-corrected chi connectivity index (χ0v) is 15.3. The molecule has 25 heavy (non-hydrogen) atoms. The van der Waals surface area contributed by atoms with Gasteiger partial charge in [-0.05, 0) is 18.1 Å². The Hall–Kier alpha value is -2.34. The molecule has 1 aromatic heterocycles. The number of carbonyl (C=O) groups is 1. The Morgan fingerprint density at radius 2 is 1.88 bits per heavy atom. The average molecular weight is 341 g/mol. The highest BCUT2D eigenvalue weighted by Crippen LogP contribution is 2.23. The fourth-order valence-corrected chi connectivity index (χ4v) is 3.32. The van der Waals surface area contributed by atoms with Crippen LogP contribution >= 0.6 is 0 Å². The molecule has 1 atom stereocenters. The summed E-state index contributed by atoms with van der Waals surface area (Å²) in [4.78, 5) is 20.3. The number of amides is 1. The molecule has 0 saturated carbocycles. The number of nitrogens with one attached hydrogen (secondary N) is 1. The molecule has 1 saturated heterocycles. The smallest absolute Gasteiger partial charge is 0.217 e. The van der Waals surface area contributed by atoms with Crippen molar-refractivity contribution in [1.29, 1.82) is 0 Å².